The molecule has 0 atom stereocenters. The third kappa shape index (κ3) is 3.38. The quantitative estimate of drug-likeness (QED) is 0.753. The first-order valence-corrected chi connectivity index (χ1v) is 6.20. The molecule has 0 saturated carbocycles. The first-order chi connectivity index (χ1) is 8.29. The molecule has 0 aromatic heterocycles. The van der Waals surface area contributed by atoms with Crippen molar-refractivity contribution in [2.75, 3.05) is 19.8 Å². The minimum absolute atomic E-state index is 0.122. The van der Waals surface area contributed by atoms with Gasteiger partial charge in [0.1, 0.15) is 6.61 Å². The molecule has 2 rings (SSSR count). The number of fused-ring (bicyclic) bond motifs is 1. The molecular weight excluding hydrogens is 214 g/mol. The molecule has 0 radical (unpaired) electrons. The molecule has 0 aliphatic heterocycles. The molecule has 0 amide bonds. The normalized spacial score (nSPS) is 13.7. The van der Waals surface area contributed by atoms with Gasteiger partial charge in [0.2, 0.25) is 0 Å². The molecule has 1 aromatic rings. The van der Waals surface area contributed by atoms with Gasteiger partial charge in [-0.25, -0.2) is 0 Å². The van der Waals surface area contributed by atoms with Crippen LogP contribution < -0.4 is 5.73 Å². The molecule has 17 heavy (non-hydrogen) atoms. The number of ketones is 1. The highest BCUT2D eigenvalue weighted by molar-refractivity contribution is 5.82. The molecular formula is C14H19NO2. The number of benzene rings is 1. The van der Waals surface area contributed by atoms with E-state index in [1.165, 1.54) is 24.0 Å². The van der Waals surface area contributed by atoms with Gasteiger partial charge in [-0.3, -0.25) is 4.79 Å². The Balaban J connectivity index is 1.88. The zero-order valence-corrected chi connectivity index (χ0v) is 10.1. The summed E-state index contributed by atoms with van der Waals surface area (Å²) in [6.45, 7) is 1.09. The number of nitrogens with two attached hydrogens (primary N) is 1. The van der Waals surface area contributed by atoms with Gasteiger partial charge in [-0.1, -0.05) is 18.2 Å². The third-order valence-electron chi connectivity index (χ3n) is 3.09. The van der Waals surface area contributed by atoms with Gasteiger partial charge >= 0.3 is 0 Å². The van der Waals surface area contributed by atoms with Crippen LogP contribution in [0.4, 0.5) is 0 Å². The van der Waals surface area contributed by atoms with Crippen molar-refractivity contribution in [3.05, 3.63) is 34.9 Å². The summed E-state index contributed by atoms with van der Waals surface area (Å²) in [7, 11) is 0. The predicted molar refractivity (Wildman–Crippen MR) is 67.1 cm³/mol. The Morgan fingerprint density at radius 3 is 2.94 bits per heavy atom. The maximum atomic E-state index is 11.6. The molecule has 0 fully saturated rings. The first kappa shape index (κ1) is 12.3. The molecule has 3 heteroatoms. The lowest BCUT2D eigenvalue weighted by molar-refractivity contribution is -0.122. The molecule has 0 spiro atoms. The molecule has 1 aliphatic rings. The second-order valence-electron chi connectivity index (χ2n) is 4.51. The lowest BCUT2D eigenvalue weighted by Gasteiger charge is -2.05. The highest BCUT2D eigenvalue weighted by atomic mass is 16.5. The van der Waals surface area contributed by atoms with Gasteiger partial charge in [0.05, 0.1) is 6.61 Å². The maximum absolute atomic E-state index is 11.6. The van der Waals surface area contributed by atoms with Crippen molar-refractivity contribution >= 4 is 5.78 Å². The van der Waals surface area contributed by atoms with Crippen LogP contribution in [-0.4, -0.2) is 25.5 Å². The van der Waals surface area contributed by atoms with E-state index in [1.807, 2.05) is 0 Å². The van der Waals surface area contributed by atoms with E-state index in [1.54, 1.807) is 0 Å². The van der Waals surface area contributed by atoms with E-state index in [0.29, 0.717) is 19.6 Å². The van der Waals surface area contributed by atoms with Crippen LogP contribution in [0.2, 0.25) is 0 Å². The molecule has 2 N–H and O–H groups in total. The van der Waals surface area contributed by atoms with Gasteiger partial charge in [-0.05, 0) is 36.0 Å². The summed E-state index contributed by atoms with van der Waals surface area (Å²) in [5.41, 5.74) is 9.26. The van der Waals surface area contributed by atoms with Crippen molar-refractivity contribution in [3.63, 3.8) is 0 Å². The zero-order valence-electron chi connectivity index (χ0n) is 10.1. The van der Waals surface area contributed by atoms with Crippen LogP contribution in [0, 0.1) is 0 Å². The SMILES string of the molecule is NCCOCC(=O)Cc1ccc2c(c1)CCC2. The fourth-order valence-electron chi connectivity index (χ4n) is 2.28. The largest absolute Gasteiger partial charge is 0.372 e. The van der Waals surface area contributed by atoms with Crippen LogP contribution in [0.1, 0.15) is 23.1 Å². The second-order valence-corrected chi connectivity index (χ2v) is 4.51. The summed E-state index contributed by atoms with van der Waals surface area (Å²) in [5.74, 6) is 0.122. The van der Waals surface area contributed by atoms with Crippen LogP contribution >= 0.6 is 0 Å². The monoisotopic (exact) mass is 233 g/mol. The number of hydrogen-bond donors (Lipinski definition) is 1. The number of hydrogen-bond acceptors (Lipinski definition) is 3. The van der Waals surface area contributed by atoms with Gasteiger partial charge in [-0.2, -0.15) is 0 Å². The average molecular weight is 233 g/mol. The number of rotatable bonds is 6. The number of carbonyl (C=O) groups excluding carboxylic acids is 1. The lowest BCUT2D eigenvalue weighted by Crippen LogP contribution is -2.16. The molecule has 1 aliphatic carbocycles. The van der Waals surface area contributed by atoms with Gasteiger partial charge < -0.3 is 10.5 Å². The van der Waals surface area contributed by atoms with E-state index in [9.17, 15) is 4.79 Å². The Morgan fingerprint density at radius 2 is 2.12 bits per heavy atom. The lowest BCUT2D eigenvalue weighted by atomic mass is 10.0. The second kappa shape index (κ2) is 5.94. The Kier molecular flexibility index (Phi) is 4.29. The van der Waals surface area contributed by atoms with Crippen molar-refractivity contribution in [3.8, 4) is 0 Å². The maximum Gasteiger partial charge on any atom is 0.162 e. The minimum atomic E-state index is 0.122. The number of carbonyl (C=O) groups is 1. The predicted octanol–water partition coefficient (Wildman–Crippen LogP) is 1.26. The van der Waals surface area contributed by atoms with Crippen molar-refractivity contribution in [1.82, 2.24) is 0 Å². The van der Waals surface area contributed by atoms with Crippen LogP contribution in [-0.2, 0) is 28.8 Å². The molecule has 0 saturated heterocycles. The number of aryl methyl sites for hydroxylation is 2. The van der Waals surface area contributed by atoms with Gasteiger partial charge in [0, 0.05) is 13.0 Å². The standard InChI is InChI=1S/C14H19NO2/c15-6-7-17-10-14(16)9-11-4-5-12-2-1-3-13(12)8-11/h4-5,8H,1-3,6-7,9-10,15H2. The molecule has 0 unspecified atom stereocenters. The Labute approximate surface area is 102 Å². The van der Waals surface area contributed by atoms with Crippen molar-refractivity contribution in [1.29, 1.82) is 0 Å². The zero-order chi connectivity index (χ0) is 12.1. The molecule has 0 bridgehead atoms. The average Bonchev–Trinajstić information content (AvgIpc) is 2.76. The summed E-state index contributed by atoms with van der Waals surface area (Å²) >= 11 is 0. The topological polar surface area (TPSA) is 52.3 Å². The van der Waals surface area contributed by atoms with E-state index in [2.05, 4.69) is 18.2 Å². The number of ether oxygens (including phenoxy) is 1. The fraction of sp³-hybridized carbons (Fsp3) is 0.500. The Morgan fingerprint density at radius 1 is 1.29 bits per heavy atom. The van der Waals surface area contributed by atoms with Crippen molar-refractivity contribution < 1.29 is 9.53 Å². The van der Waals surface area contributed by atoms with E-state index in [4.69, 9.17) is 10.5 Å². The number of Topliss-reactive ketones (excluding diaryl/α,β-unsaturated/α-hetero) is 1. The summed E-state index contributed by atoms with van der Waals surface area (Å²) in [6.07, 6.45) is 4.05. The summed E-state index contributed by atoms with van der Waals surface area (Å²) in [4.78, 5) is 11.6. The minimum Gasteiger partial charge on any atom is -0.372 e. The summed E-state index contributed by atoms with van der Waals surface area (Å²) < 4.78 is 5.13. The van der Waals surface area contributed by atoms with Crippen LogP contribution in [0.3, 0.4) is 0 Å². The van der Waals surface area contributed by atoms with Gasteiger partial charge in [-0.15, -0.1) is 0 Å². The van der Waals surface area contributed by atoms with Crippen LogP contribution in [0.15, 0.2) is 18.2 Å². The van der Waals surface area contributed by atoms with Crippen LogP contribution in [0.5, 0.6) is 0 Å². The molecule has 92 valence electrons. The molecule has 0 heterocycles. The van der Waals surface area contributed by atoms with E-state index in [0.717, 1.165) is 12.0 Å². The smallest absolute Gasteiger partial charge is 0.162 e. The highest BCUT2D eigenvalue weighted by Crippen LogP contribution is 2.22. The molecule has 1 aromatic carbocycles. The van der Waals surface area contributed by atoms with E-state index in [-0.39, 0.29) is 12.4 Å². The highest BCUT2D eigenvalue weighted by Gasteiger charge is 2.12. The van der Waals surface area contributed by atoms with Crippen molar-refractivity contribution in [2.45, 2.75) is 25.7 Å². The van der Waals surface area contributed by atoms with E-state index >= 15 is 0 Å². The summed E-state index contributed by atoms with van der Waals surface area (Å²) in [5, 5.41) is 0. The Hall–Kier alpha value is -1.19. The third-order valence-corrected chi connectivity index (χ3v) is 3.09. The molecule has 3 nitrogen and oxygen atoms in total. The van der Waals surface area contributed by atoms with Crippen molar-refractivity contribution in [2.24, 2.45) is 5.73 Å². The van der Waals surface area contributed by atoms with Gasteiger partial charge in [0.25, 0.3) is 0 Å². The Bertz CT molecular complexity index is 401. The van der Waals surface area contributed by atoms with Gasteiger partial charge in [0.15, 0.2) is 5.78 Å². The summed E-state index contributed by atoms with van der Waals surface area (Å²) in [6, 6.07) is 6.39. The first-order valence-electron chi connectivity index (χ1n) is 6.20. The van der Waals surface area contributed by atoms with E-state index < -0.39 is 0 Å². The van der Waals surface area contributed by atoms with Crippen LogP contribution in [0.25, 0.3) is 0 Å². The fourth-order valence-corrected chi connectivity index (χ4v) is 2.28.